The number of hydrogen-bond donors (Lipinski definition) is 2. The maximum absolute atomic E-state index is 13.2. The van der Waals surface area contributed by atoms with Gasteiger partial charge in [-0.05, 0) is 52.9 Å². The van der Waals surface area contributed by atoms with E-state index in [9.17, 15) is 9.59 Å². The Morgan fingerprint density at radius 1 is 1.03 bits per heavy atom. The third kappa shape index (κ3) is 6.24. The number of aryl methyl sites for hydroxylation is 1. The quantitative estimate of drug-likeness (QED) is 0.360. The van der Waals surface area contributed by atoms with Crippen LogP contribution in [0.5, 0.6) is 0 Å². The number of rotatable bonds is 8. The molecular weight excluding hydrogens is 506 g/mol. The number of hydrogen-bond acceptors (Lipinski definition) is 5. The van der Waals surface area contributed by atoms with Crippen molar-refractivity contribution < 1.29 is 14.7 Å². The summed E-state index contributed by atoms with van der Waals surface area (Å²) in [6.45, 7) is 3.14. The molecular formula is C29H28ClN3O3S. The van der Waals surface area contributed by atoms with E-state index in [2.05, 4.69) is 22.3 Å². The van der Waals surface area contributed by atoms with E-state index in [0.29, 0.717) is 22.8 Å². The van der Waals surface area contributed by atoms with E-state index >= 15 is 0 Å². The van der Waals surface area contributed by atoms with E-state index in [1.165, 1.54) is 17.1 Å². The second-order valence-corrected chi connectivity index (χ2v) is 11.0. The molecule has 2 aliphatic heterocycles. The molecule has 1 atom stereocenters. The predicted molar refractivity (Wildman–Crippen MR) is 150 cm³/mol. The van der Waals surface area contributed by atoms with Crippen LogP contribution in [0.1, 0.15) is 34.6 Å². The van der Waals surface area contributed by atoms with Crippen molar-refractivity contribution in [2.24, 2.45) is 4.99 Å². The fraction of sp³-hybridized carbons (Fsp3) is 0.276. The molecule has 37 heavy (non-hydrogen) atoms. The molecule has 8 heteroatoms. The van der Waals surface area contributed by atoms with E-state index in [1.807, 2.05) is 54.2 Å². The number of fused-ring (bicyclic) bond motifs is 1. The number of aliphatic carboxylic acids is 1. The van der Waals surface area contributed by atoms with Crippen LogP contribution in [0, 0.1) is 0 Å². The van der Waals surface area contributed by atoms with Crippen molar-refractivity contribution in [2.45, 2.75) is 25.3 Å². The molecule has 0 saturated carbocycles. The highest BCUT2D eigenvalue weighted by Crippen LogP contribution is 2.37. The monoisotopic (exact) mass is 533 g/mol. The molecule has 1 amide bonds. The first-order valence-electron chi connectivity index (χ1n) is 12.4. The fourth-order valence-electron chi connectivity index (χ4n) is 4.73. The van der Waals surface area contributed by atoms with Crippen molar-refractivity contribution >= 4 is 52.3 Å². The zero-order valence-electron chi connectivity index (χ0n) is 20.3. The van der Waals surface area contributed by atoms with Crippen LogP contribution in [-0.4, -0.2) is 52.2 Å². The van der Waals surface area contributed by atoms with E-state index in [0.717, 1.165) is 42.0 Å². The zero-order valence-corrected chi connectivity index (χ0v) is 21.9. The van der Waals surface area contributed by atoms with Crippen LogP contribution in [0.15, 0.2) is 71.7 Å². The van der Waals surface area contributed by atoms with Gasteiger partial charge in [-0.3, -0.25) is 19.5 Å². The molecule has 5 rings (SSSR count). The number of carbonyl (C=O) groups is 2. The summed E-state index contributed by atoms with van der Waals surface area (Å²) in [4.78, 5) is 31.6. The third-order valence-corrected chi connectivity index (χ3v) is 7.87. The maximum Gasteiger partial charge on any atom is 0.303 e. The van der Waals surface area contributed by atoms with Gasteiger partial charge in [-0.25, -0.2) is 0 Å². The molecule has 6 nitrogen and oxygen atoms in total. The lowest BCUT2D eigenvalue weighted by Crippen LogP contribution is -2.31. The molecule has 0 aliphatic carbocycles. The molecule has 2 heterocycles. The number of anilines is 1. The Morgan fingerprint density at radius 2 is 1.73 bits per heavy atom. The van der Waals surface area contributed by atoms with E-state index in [-0.39, 0.29) is 12.3 Å². The normalized spacial score (nSPS) is 17.9. The van der Waals surface area contributed by atoms with E-state index in [1.54, 1.807) is 12.1 Å². The molecule has 0 aromatic heterocycles. The van der Waals surface area contributed by atoms with Crippen molar-refractivity contribution in [2.75, 3.05) is 29.9 Å². The van der Waals surface area contributed by atoms with Crippen LogP contribution < -0.4 is 5.32 Å². The molecule has 0 bridgehead atoms. The predicted octanol–water partition coefficient (Wildman–Crippen LogP) is 5.76. The summed E-state index contributed by atoms with van der Waals surface area (Å²) in [6, 6.07) is 21.3. The lowest BCUT2D eigenvalue weighted by atomic mass is 9.90. The van der Waals surface area contributed by atoms with Crippen LogP contribution in [-0.2, 0) is 22.6 Å². The molecule has 0 radical (unpaired) electrons. The van der Waals surface area contributed by atoms with Crippen molar-refractivity contribution in [3.63, 3.8) is 0 Å². The van der Waals surface area contributed by atoms with Crippen LogP contribution in [0.3, 0.4) is 0 Å². The van der Waals surface area contributed by atoms with Gasteiger partial charge in [0.05, 0.1) is 11.4 Å². The van der Waals surface area contributed by atoms with Crippen molar-refractivity contribution in [3.05, 3.63) is 94.0 Å². The van der Waals surface area contributed by atoms with Gasteiger partial charge in [-0.2, -0.15) is 11.8 Å². The minimum atomic E-state index is -0.827. The van der Waals surface area contributed by atoms with Gasteiger partial charge in [-0.15, -0.1) is 0 Å². The largest absolute Gasteiger partial charge is 0.481 e. The van der Waals surface area contributed by atoms with Gasteiger partial charge in [0.2, 0.25) is 5.91 Å². The van der Waals surface area contributed by atoms with Crippen LogP contribution in [0.2, 0.25) is 5.02 Å². The number of benzene rings is 3. The third-order valence-electron chi connectivity index (χ3n) is 6.69. The highest BCUT2D eigenvalue weighted by atomic mass is 35.5. The molecule has 190 valence electrons. The van der Waals surface area contributed by atoms with Gasteiger partial charge >= 0.3 is 5.97 Å². The van der Waals surface area contributed by atoms with E-state index < -0.39 is 11.9 Å². The summed E-state index contributed by atoms with van der Waals surface area (Å²) in [7, 11) is 0. The van der Waals surface area contributed by atoms with Crippen molar-refractivity contribution in [1.82, 2.24) is 4.90 Å². The number of nitrogens with one attached hydrogen (secondary N) is 1. The molecule has 0 spiro atoms. The first-order chi connectivity index (χ1) is 18.0. The summed E-state index contributed by atoms with van der Waals surface area (Å²) in [6.07, 6.45) is 0.520. The SMILES string of the molecule is O=C(O)CCc1ccc(C(=Nc2ccc(CN3CCSCC3)cc2)C2C(=O)Nc3cc(Cl)ccc32)cc1. The Morgan fingerprint density at radius 3 is 2.43 bits per heavy atom. The Kier molecular flexibility index (Phi) is 7.93. The van der Waals surface area contributed by atoms with Crippen LogP contribution in [0.25, 0.3) is 0 Å². The maximum atomic E-state index is 13.2. The number of amides is 1. The average molecular weight is 534 g/mol. The van der Waals surface area contributed by atoms with Gasteiger partial charge in [-0.1, -0.05) is 54.1 Å². The van der Waals surface area contributed by atoms with Gasteiger partial charge in [0.25, 0.3) is 0 Å². The second kappa shape index (κ2) is 11.5. The number of nitrogens with zero attached hydrogens (tertiary/aromatic N) is 2. The Hall–Kier alpha value is -3.13. The molecule has 1 saturated heterocycles. The highest BCUT2D eigenvalue weighted by molar-refractivity contribution is 7.99. The summed E-state index contributed by atoms with van der Waals surface area (Å²) in [5, 5.41) is 12.5. The van der Waals surface area contributed by atoms with Gasteiger partial charge in [0.1, 0.15) is 5.92 Å². The first kappa shape index (κ1) is 25.5. The molecule has 1 unspecified atom stereocenters. The van der Waals surface area contributed by atoms with E-state index in [4.69, 9.17) is 21.7 Å². The molecule has 2 N–H and O–H groups in total. The van der Waals surface area contributed by atoms with Crippen LogP contribution in [0.4, 0.5) is 11.4 Å². The molecule has 1 fully saturated rings. The number of carbonyl (C=O) groups excluding carboxylic acids is 1. The Labute approximate surface area is 225 Å². The first-order valence-corrected chi connectivity index (χ1v) is 13.9. The second-order valence-electron chi connectivity index (χ2n) is 9.30. The fourth-order valence-corrected chi connectivity index (χ4v) is 5.88. The van der Waals surface area contributed by atoms with Crippen molar-refractivity contribution in [1.29, 1.82) is 0 Å². The Bertz CT molecular complexity index is 1320. The Balaban J connectivity index is 1.46. The van der Waals surface area contributed by atoms with Gasteiger partial charge in [0, 0.05) is 48.3 Å². The standard InChI is InChI=1S/C29H28ClN3O3S/c30-22-8-11-24-25(17-22)32-29(36)27(24)28(21-6-1-19(2-7-21)5-12-26(34)35)31-23-9-3-20(4-10-23)18-33-13-15-37-16-14-33/h1-4,6-11,17,27H,5,12-16,18H2,(H,32,36)(H,34,35). The average Bonchev–Trinajstić information content (AvgIpc) is 3.22. The lowest BCUT2D eigenvalue weighted by molar-refractivity contribution is -0.137. The highest BCUT2D eigenvalue weighted by Gasteiger charge is 2.35. The number of thioether (sulfide) groups is 1. The van der Waals surface area contributed by atoms with Gasteiger partial charge < -0.3 is 10.4 Å². The molecule has 2 aliphatic rings. The minimum absolute atomic E-state index is 0.0715. The topological polar surface area (TPSA) is 82.0 Å². The molecule has 3 aromatic carbocycles. The number of aliphatic imine (C=N–C) groups is 1. The summed E-state index contributed by atoms with van der Waals surface area (Å²) < 4.78 is 0. The summed E-state index contributed by atoms with van der Waals surface area (Å²) in [5.74, 6) is 0.800. The number of halogens is 1. The summed E-state index contributed by atoms with van der Waals surface area (Å²) >= 11 is 8.17. The molecule has 3 aromatic rings. The van der Waals surface area contributed by atoms with Crippen LogP contribution >= 0.6 is 23.4 Å². The summed E-state index contributed by atoms with van der Waals surface area (Å²) in [5.41, 5.74) is 5.94. The minimum Gasteiger partial charge on any atom is -0.481 e. The van der Waals surface area contributed by atoms with Gasteiger partial charge in [0.15, 0.2) is 0 Å². The number of carboxylic acid groups (broad SMARTS) is 1. The van der Waals surface area contributed by atoms with Crippen molar-refractivity contribution in [3.8, 4) is 0 Å². The smallest absolute Gasteiger partial charge is 0.303 e. The number of carboxylic acids is 1. The lowest BCUT2D eigenvalue weighted by Gasteiger charge is -2.26. The zero-order chi connectivity index (χ0) is 25.8.